The maximum absolute atomic E-state index is 12.3. The first-order valence-electron chi connectivity index (χ1n) is 6.60. The van der Waals surface area contributed by atoms with Crippen LogP contribution in [0.1, 0.15) is 6.92 Å². The van der Waals surface area contributed by atoms with Crippen LogP contribution in [0.15, 0.2) is 70.2 Å². The number of nitrogens with zero attached hydrogens (tertiary/aromatic N) is 2. The number of rotatable bonds is 4. The molecule has 23 heavy (non-hydrogen) atoms. The molecule has 0 saturated carbocycles. The second-order valence-corrected chi connectivity index (χ2v) is 5.39. The van der Waals surface area contributed by atoms with E-state index in [4.69, 9.17) is 23.2 Å². The summed E-state index contributed by atoms with van der Waals surface area (Å²) in [6.07, 6.45) is 0. The van der Waals surface area contributed by atoms with Crippen molar-refractivity contribution in [2.45, 2.75) is 6.92 Å². The van der Waals surface area contributed by atoms with E-state index in [1.807, 2.05) is 6.07 Å². The van der Waals surface area contributed by atoms with Crippen molar-refractivity contribution in [2.75, 3.05) is 5.32 Å². The van der Waals surface area contributed by atoms with Gasteiger partial charge in [0.25, 0.3) is 5.91 Å². The Bertz CT molecular complexity index is 770. The number of benzene rings is 2. The molecule has 0 radical (unpaired) electrons. The number of aliphatic hydroxyl groups excluding tert-OH is 1. The van der Waals surface area contributed by atoms with Crippen molar-refractivity contribution in [3.63, 3.8) is 0 Å². The van der Waals surface area contributed by atoms with E-state index in [1.165, 1.54) is 13.0 Å². The fourth-order valence-electron chi connectivity index (χ4n) is 1.66. The minimum absolute atomic E-state index is 0.218. The number of anilines is 1. The summed E-state index contributed by atoms with van der Waals surface area (Å²) < 4.78 is 0. The van der Waals surface area contributed by atoms with Crippen LogP contribution < -0.4 is 5.32 Å². The van der Waals surface area contributed by atoms with E-state index in [-0.39, 0.29) is 11.5 Å². The monoisotopic (exact) mass is 349 g/mol. The molecule has 0 spiro atoms. The van der Waals surface area contributed by atoms with E-state index >= 15 is 0 Å². The Morgan fingerprint density at radius 3 is 2.48 bits per heavy atom. The molecule has 0 atom stereocenters. The molecule has 0 unspecified atom stereocenters. The Morgan fingerprint density at radius 2 is 1.83 bits per heavy atom. The van der Waals surface area contributed by atoms with E-state index in [0.29, 0.717) is 21.4 Å². The second-order valence-electron chi connectivity index (χ2n) is 4.55. The van der Waals surface area contributed by atoms with E-state index in [0.717, 1.165) is 0 Å². The zero-order valence-corrected chi connectivity index (χ0v) is 13.6. The summed E-state index contributed by atoms with van der Waals surface area (Å²) in [5, 5.41) is 20.7. The molecule has 0 aliphatic heterocycles. The van der Waals surface area contributed by atoms with Gasteiger partial charge in [0, 0.05) is 5.02 Å². The summed E-state index contributed by atoms with van der Waals surface area (Å²) in [6.45, 7) is 1.35. The molecule has 0 saturated heterocycles. The van der Waals surface area contributed by atoms with Crippen molar-refractivity contribution < 1.29 is 9.90 Å². The van der Waals surface area contributed by atoms with Gasteiger partial charge in [0.2, 0.25) is 0 Å². The van der Waals surface area contributed by atoms with Gasteiger partial charge in [-0.1, -0.05) is 41.4 Å². The molecular weight excluding hydrogens is 337 g/mol. The molecule has 118 valence electrons. The van der Waals surface area contributed by atoms with E-state index in [1.54, 1.807) is 36.4 Å². The van der Waals surface area contributed by atoms with E-state index < -0.39 is 5.91 Å². The molecule has 2 N–H and O–H groups in total. The Labute approximate surface area is 143 Å². The van der Waals surface area contributed by atoms with Crippen molar-refractivity contribution in [3.05, 3.63) is 70.0 Å². The molecule has 0 bridgehead atoms. The fourth-order valence-corrected chi connectivity index (χ4v) is 2.00. The largest absolute Gasteiger partial charge is 0.510 e. The van der Waals surface area contributed by atoms with Crippen molar-refractivity contribution in [3.8, 4) is 0 Å². The molecule has 0 aliphatic rings. The van der Waals surface area contributed by atoms with Gasteiger partial charge in [-0.3, -0.25) is 4.79 Å². The molecule has 7 heteroatoms. The maximum Gasteiger partial charge on any atom is 0.279 e. The van der Waals surface area contributed by atoms with E-state index in [2.05, 4.69) is 15.5 Å². The molecule has 2 aromatic carbocycles. The van der Waals surface area contributed by atoms with Gasteiger partial charge in [-0.25, -0.2) is 0 Å². The Morgan fingerprint density at radius 1 is 1.13 bits per heavy atom. The normalized spacial score (nSPS) is 12.1. The third kappa shape index (κ3) is 4.81. The molecule has 2 rings (SSSR count). The lowest BCUT2D eigenvalue weighted by Gasteiger charge is -2.08. The first-order valence-corrected chi connectivity index (χ1v) is 7.36. The van der Waals surface area contributed by atoms with Crippen molar-refractivity contribution in [2.24, 2.45) is 10.2 Å². The second kappa shape index (κ2) is 7.76. The van der Waals surface area contributed by atoms with Crippen molar-refractivity contribution in [1.29, 1.82) is 0 Å². The smallest absolute Gasteiger partial charge is 0.279 e. The lowest BCUT2D eigenvalue weighted by Crippen LogP contribution is -2.15. The van der Waals surface area contributed by atoms with E-state index in [9.17, 15) is 9.90 Å². The number of nitrogens with one attached hydrogen (secondary N) is 1. The Kier molecular flexibility index (Phi) is 5.73. The highest BCUT2D eigenvalue weighted by molar-refractivity contribution is 6.35. The number of azo groups is 1. The highest BCUT2D eigenvalue weighted by Gasteiger charge is 2.15. The van der Waals surface area contributed by atoms with Crippen LogP contribution in [0.2, 0.25) is 10.0 Å². The van der Waals surface area contributed by atoms with Crippen LogP contribution in [-0.2, 0) is 4.79 Å². The highest BCUT2D eigenvalue weighted by Crippen LogP contribution is 2.26. The molecule has 0 heterocycles. The zero-order chi connectivity index (χ0) is 16.8. The number of allylic oxidation sites excluding steroid dienone is 1. The van der Waals surface area contributed by atoms with Gasteiger partial charge in [-0.15, -0.1) is 5.11 Å². The first kappa shape index (κ1) is 17.0. The summed E-state index contributed by atoms with van der Waals surface area (Å²) >= 11 is 11.9. The number of amides is 1. The summed E-state index contributed by atoms with van der Waals surface area (Å²) in [7, 11) is 0. The molecule has 0 aromatic heterocycles. The maximum atomic E-state index is 12.3. The van der Waals surface area contributed by atoms with Crippen LogP contribution in [0, 0.1) is 0 Å². The molecule has 5 nitrogen and oxygen atoms in total. The van der Waals surface area contributed by atoms with Crippen LogP contribution >= 0.6 is 23.2 Å². The molecule has 0 fully saturated rings. The predicted octanol–water partition coefficient (Wildman–Crippen LogP) is 5.51. The third-order valence-corrected chi connectivity index (χ3v) is 3.32. The van der Waals surface area contributed by atoms with Gasteiger partial charge >= 0.3 is 0 Å². The van der Waals surface area contributed by atoms with Gasteiger partial charge < -0.3 is 10.4 Å². The summed E-state index contributed by atoms with van der Waals surface area (Å²) in [5.41, 5.74) is 0.655. The lowest BCUT2D eigenvalue weighted by molar-refractivity contribution is -0.113. The minimum atomic E-state index is -0.645. The quantitative estimate of drug-likeness (QED) is 0.434. The fraction of sp³-hybridized carbons (Fsp3) is 0.0625. The predicted molar refractivity (Wildman–Crippen MR) is 91.4 cm³/mol. The standard InChI is InChI=1S/C16H13Cl2N3O2/c1-10(22)15(21-20-12-5-3-2-4-6-12)16(23)19-14-9-11(17)7-8-13(14)18/h2-9,22H,1H3,(H,19,23). The first-order chi connectivity index (χ1) is 11.0. The third-order valence-electron chi connectivity index (χ3n) is 2.76. The molecule has 1 amide bonds. The number of hydrogen-bond acceptors (Lipinski definition) is 4. The summed E-state index contributed by atoms with van der Waals surface area (Å²) in [4.78, 5) is 12.3. The van der Waals surface area contributed by atoms with Crippen LogP contribution in [-0.4, -0.2) is 11.0 Å². The highest BCUT2D eigenvalue weighted by atomic mass is 35.5. The van der Waals surface area contributed by atoms with Crippen molar-refractivity contribution >= 4 is 40.5 Å². The summed E-state index contributed by atoms with van der Waals surface area (Å²) in [6, 6.07) is 13.5. The number of carbonyl (C=O) groups excluding carboxylic acids is 1. The molecule has 0 aliphatic carbocycles. The minimum Gasteiger partial charge on any atom is -0.510 e. The average Bonchev–Trinajstić information content (AvgIpc) is 2.52. The molecular formula is C16H13Cl2N3O2. The van der Waals surface area contributed by atoms with Crippen LogP contribution in [0.5, 0.6) is 0 Å². The van der Waals surface area contributed by atoms with Gasteiger partial charge in [-0.05, 0) is 37.3 Å². The van der Waals surface area contributed by atoms with Crippen molar-refractivity contribution in [1.82, 2.24) is 0 Å². The SMILES string of the molecule is CC(O)=C(N=Nc1ccccc1)C(=O)Nc1cc(Cl)ccc1Cl. The zero-order valence-electron chi connectivity index (χ0n) is 12.1. The number of hydrogen-bond donors (Lipinski definition) is 2. The molecule has 2 aromatic rings. The van der Waals surface area contributed by atoms with Crippen LogP contribution in [0.3, 0.4) is 0 Å². The van der Waals surface area contributed by atoms with Gasteiger partial charge in [0.1, 0.15) is 5.76 Å². The average molecular weight is 350 g/mol. The number of carbonyl (C=O) groups is 1. The lowest BCUT2D eigenvalue weighted by atomic mass is 10.3. The van der Waals surface area contributed by atoms with Gasteiger partial charge in [-0.2, -0.15) is 5.11 Å². The van der Waals surface area contributed by atoms with Gasteiger partial charge in [0.15, 0.2) is 5.70 Å². The topological polar surface area (TPSA) is 74.0 Å². The van der Waals surface area contributed by atoms with Crippen LogP contribution in [0.25, 0.3) is 0 Å². The number of aliphatic hydroxyl groups is 1. The Hall–Kier alpha value is -2.37. The Balaban J connectivity index is 2.22. The summed E-state index contributed by atoms with van der Waals surface area (Å²) in [5.74, 6) is -0.908. The van der Waals surface area contributed by atoms with Crippen LogP contribution in [0.4, 0.5) is 11.4 Å². The number of halogens is 2. The van der Waals surface area contributed by atoms with Gasteiger partial charge in [0.05, 0.1) is 16.4 Å².